The Morgan fingerprint density at radius 1 is 1.31 bits per heavy atom. The van der Waals surface area contributed by atoms with Crippen LogP contribution >= 0.6 is 0 Å². The molecule has 0 aromatic heterocycles. The molecular formula is C14H26O2. The molecule has 1 rings (SSSR count). The number of hydrogen-bond acceptors (Lipinski definition) is 2. The van der Waals surface area contributed by atoms with Crippen molar-refractivity contribution >= 4 is 5.78 Å². The van der Waals surface area contributed by atoms with Crippen molar-refractivity contribution in [2.24, 2.45) is 11.8 Å². The van der Waals surface area contributed by atoms with E-state index in [1.807, 2.05) is 0 Å². The Balaban J connectivity index is 2.42. The maximum atomic E-state index is 12.1. The molecule has 0 aromatic rings. The second kappa shape index (κ2) is 7.83. The highest BCUT2D eigenvalue weighted by Gasteiger charge is 2.29. The Bertz CT molecular complexity index is 201. The Morgan fingerprint density at radius 2 is 2.06 bits per heavy atom. The summed E-state index contributed by atoms with van der Waals surface area (Å²) in [6.07, 6.45) is 8.94. The summed E-state index contributed by atoms with van der Waals surface area (Å²) in [6, 6.07) is 0. The summed E-state index contributed by atoms with van der Waals surface area (Å²) >= 11 is 0. The summed E-state index contributed by atoms with van der Waals surface area (Å²) in [4.78, 5) is 12.1. The summed E-state index contributed by atoms with van der Waals surface area (Å²) < 4.78 is 5.14. The van der Waals surface area contributed by atoms with Crippen molar-refractivity contribution in [3.8, 4) is 0 Å². The van der Waals surface area contributed by atoms with Crippen molar-refractivity contribution in [2.75, 3.05) is 13.7 Å². The quantitative estimate of drug-likeness (QED) is 0.663. The summed E-state index contributed by atoms with van der Waals surface area (Å²) in [5, 5.41) is 0. The van der Waals surface area contributed by atoms with Gasteiger partial charge in [-0.05, 0) is 31.6 Å². The van der Waals surface area contributed by atoms with Gasteiger partial charge >= 0.3 is 0 Å². The first-order valence-electron chi connectivity index (χ1n) is 6.81. The number of carbonyl (C=O) groups excluding carboxylic acids is 1. The summed E-state index contributed by atoms with van der Waals surface area (Å²) in [5.41, 5.74) is 0. The summed E-state index contributed by atoms with van der Waals surface area (Å²) in [7, 11) is 1.75. The first-order valence-corrected chi connectivity index (χ1v) is 6.81. The maximum absolute atomic E-state index is 12.1. The number of rotatable bonds is 7. The molecule has 0 radical (unpaired) electrons. The molecule has 0 spiro atoms. The van der Waals surface area contributed by atoms with Gasteiger partial charge in [-0.3, -0.25) is 4.79 Å². The van der Waals surface area contributed by atoms with Crippen LogP contribution in [0.25, 0.3) is 0 Å². The molecule has 0 heterocycles. The molecule has 1 fully saturated rings. The van der Waals surface area contributed by atoms with Crippen LogP contribution in [0.5, 0.6) is 0 Å². The number of carbonyl (C=O) groups is 1. The fourth-order valence-corrected chi connectivity index (χ4v) is 2.78. The maximum Gasteiger partial charge on any atom is 0.136 e. The molecule has 0 aliphatic heterocycles. The normalized spacial score (nSPS) is 25.6. The predicted molar refractivity (Wildman–Crippen MR) is 66.5 cm³/mol. The largest absolute Gasteiger partial charge is 0.385 e. The minimum absolute atomic E-state index is 0.343. The molecule has 0 amide bonds. The van der Waals surface area contributed by atoms with E-state index in [9.17, 15) is 4.79 Å². The summed E-state index contributed by atoms with van der Waals surface area (Å²) in [6.45, 7) is 2.96. The van der Waals surface area contributed by atoms with Crippen molar-refractivity contribution in [1.82, 2.24) is 0 Å². The van der Waals surface area contributed by atoms with Crippen LogP contribution in [0, 0.1) is 11.8 Å². The van der Waals surface area contributed by atoms with Crippen LogP contribution in [0.4, 0.5) is 0 Å². The van der Waals surface area contributed by atoms with Crippen LogP contribution in [0.15, 0.2) is 0 Å². The van der Waals surface area contributed by atoms with E-state index >= 15 is 0 Å². The molecular weight excluding hydrogens is 200 g/mol. The number of ether oxygens (including phenoxy) is 1. The second-order valence-electron chi connectivity index (χ2n) is 5.00. The van der Waals surface area contributed by atoms with Crippen LogP contribution in [0.2, 0.25) is 0 Å². The summed E-state index contributed by atoms with van der Waals surface area (Å²) in [5.74, 6) is 1.45. The zero-order valence-corrected chi connectivity index (χ0v) is 10.8. The molecule has 0 bridgehead atoms. The Labute approximate surface area is 99.8 Å². The van der Waals surface area contributed by atoms with Crippen LogP contribution in [0.1, 0.15) is 58.3 Å². The average Bonchev–Trinajstić information content (AvgIpc) is 2.33. The van der Waals surface area contributed by atoms with Gasteiger partial charge in [0.15, 0.2) is 0 Å². The van der Waals surface area contributed by atoms with Crippen molar-refractivity contribution in [3.63, 3.8) is 0 Å². The third-order valence-electron chi connectivity index (χ3n) is 3.79. The highest BCUT2D eigenvalue weighted by Crippen LogP contribution is 2.33. The van der Waals surface area contributed by atoms with E-state index in [1.54, 1.807) is 7.11 Å². The van der Waals surface area contributed by atoms with E-state index in [0.717, 1.165) is 38.7 Å². The van der Waals surface area contributed by atoms with E-state index in [1.165, 1.54) is 19.3 Å². The third kappa shape index (κ3) is 4.25. The first kappa shape index (κ1) is 13.7. The first-order chi connectivity index (χ1) is 7.79. The van der Waals surface area contributed by atoms with E-state index in [4.69, 9.17) is 4.74 Å². The molecule has 1 saturated carbocycles. The van der Waals surface area contributed by atoms with Crippen molar-refractivity contribution < 1.29 is 9.53 Å². The topological polar surface area (TPSA) is 26.3 Å². The minimum Gasteiger partial charge on any atom is -0.385 e. The number of Topliss-reactive ketones (excluding diaryl/α,β-unsaturated/α-hetero) is 1. The fourth-order valence-electron chi connectivity index (χ4n) is 2.78. The second-order valence-corrected chi connectivity index (χ2v) is 5.00. The van der Waals surface area contributed by atoms with Crippen LogP contribution in [0.3, 0.4) is 0 Å². The fraction of sp³-hybridized carbons (Fsp3) is 0.929. The van der Waals surface area contributed by atoms with Crippen molar-refractivity contribution in [3.05, 3.63) is 0 Å². The monoisotopic (exact) mass is 226 g/mol. The molecule has 1 aliphatic rings. The zero-order valence-electron chi connectivity index (χ0n) is 10.8. The van der Waals surface area contributed by atoms with E-state index in [-0.39, 0.29) is 0 Å². The molecule has 2 atom stereocenters. The smallest absolute Gasteiger partial charge is 0.136 e. The van der Waals surface area contributed by atoms with Crippen LogP contribution in [-0.4, -0.2) is 19.5 Å². The van der Waals surface area contributed by atoms with Gasteiger partial charge in [0.25, 0.3) is 0 Å². The Kier molecular flexibility index (Phi) is 6.70. The SMILES string of the molecule is CCCCC(=O)C1CCCCC1CCOC. The van der Waals surface area contributed by atoms with Crippen molar-refractivity contribution in [1.29, 1.82) is 0 Å². The van der Waals surface area contributed by atoms with E-state index in [2.05, 4.69) is 6.92 Å². The lowest BCUT2D eigenvalue weighted by Gasteiger charge is -2.30. The lowest BCUT2D eigenvalue weighted by Crippen LogP contribution is -2.28. The van der Waals surface area contributed by atoms with Gasteiger partial charge in [-0.25, -0.2) is 0 Å². The molecule has 94 valence electrons. The van der Waals surface area contributed by atoms with Gasteiger partial charge in [0, 0.05) is 26.1 Å². The molecule has 2 unspecified atom stereocenters. The Morgan fingerprint density at radius 3 is 2.75 bits per heavy atom. The van der Waals surface area contributed by atoms with Gasteiger partial charge in [-0.2, -0.15) is 0 Å². The average molecular weight is 226 g/mol. The van der Waals surface area contributed by atoms with Gasteiger partial charge in [0.2, 0.25) is 0 Å². The molecule has 0 aromatic carbocycles. The molecule has 0 saturated heterocycles. The van der Waals surface area contributed by atoms with Gasteiger partial charge in [-0.15, -0.1) is 0 Å². The van der Waals surface area contributed by atoms with E-state index < -0.39 is 0 Å². The van der Waals surface area contributed by atoms with Crippen LogP contribution < -0.4 is 0 Å². The third-order valence-corrected chi connectivity index (χ3v) is 3.79. The standard InChI is InChI=1S/C14H26O2/c1-3-4-9-14(15)13-8-6-5-7-12(13)10-11-16-2/h12-13H,3-11H2,1-2H3. The zero-order chi connectivity index (χ0) is 11.8. The van der Waals surface area contributed by atoms with Crippen LogP contribution in [-0.2, 0) is 9.53 Å². The van der Waals surface area contributed by atoms with E-state index in [0.29, 0.717) is 17.6 Å². The minimum atomic E-state index is 0.343. The van der Waals surface area contributed by atoms with Gasteiger partial charge in [0.1, 0.15) is 5.78 Å². The van der Waals surface area contributed by atoms with Gasteiger partial charge < -0.3 is 4.74 Å². The number of methoxy groups -OCH3 is 1. The lowest BCUT2D eigenvalue weighted by molar-refractivity contribution is -0.126. The number of hydrogen-bond donors (Lipinski definition) is 0. The highest BCUT2D eigenvalue weighted by atomic mass is 16.5. The number of ketones is 1. The molecule has 1 aliphatic carbocycles. The molecule has 16 heavy (non-hydrogen) atoms. The van der Waals surface area contributed by atoms with Gasteiger partial charge in [0.05, 0.1) is 0 Å². The molecule has 2 nitrogen and oxygen atoms in total. The lowest BCUT2D eigenvalue weighted by atomic mass is 9.74. The number of unbranched alkanes of at least 4 members (excludes halogenated alkanes) is 1. The van der Waals surface area contributed by atoms with Crippen molar-refractivity contribution in [2.45, 2.75) is 58.3 Å². The highest BCUT2D eigenvalue weighted by molar-refractivity contribution is 5.81. The molecule has 2 heteroatoms. The van der Waals surface area contributed by atoms with Gasteiger partial charge in [-0.1, -0.05) is 26.2 Å². The Hall–Kier alpha value is -0.370. The predicted octanol–water partition coefficient (Wildman–Crippen LogP) is 3.59. The molecule has 0 N–H and O–H groups in total.